The van der Waals surface area contributed by atoms with Crippen molar-refractivity contribution in [3.8, 4) is 5.75 Å². The van der Waals surface area contributed by atoms with E-state index in [4.69, 9.17) is 4.74 Å². The van der Waals surface area contributed by atoms with Crippen LogP contribution in [0, 0.1) is 5.82 Å². The van der Waals surface area contributed by atoms with E-state index in [0.29, 0.717) is 16.8 Å². The van der Waals surface area contributed by atoms with Gasteiger partial charge in [0.25, 0.3) is 5.91 Å². The Hall–Kier alpha value is -1.10. The van der Waals surface area contributed by atoms with Gasteiger partial charge >= 0.3 is 0 Å². The van der Waals surface area contributed by atoms with E-state index < -0.39 is 0 Å². The molecule has 3 nitrogen and oxygen atoms in total. The molecule has 0 unspecified atom stereocenters. The number of hydrogen-bond acceptors (Lipinski definition) is 2. The van der Waals surface area contributed by atoms with Gasteiger partial charge < -0.3 is 10.1 Å². The number of hydrogen-bond donors (Lipinski definition) is 1. The lowest BCUT2D eigenvalue weighted by atomic mass is 10.2. The summed E-state index contributed by atoms with van der Waals surface area (Å²) < 4.78 is 18.6. The largest absolute Gasteiger partial charge is 0.483 e. The Kier molecular flexibility index (Phi) is 6.72. The van der Waals surface area contributed by atoms with E-state index in [9.17, 15) is 9.18 Å². The molecule has 18 heavy (non-hydrogen) atoms. The van der Waals surface area contributed by atoms with Crippen molar-refractivity contribution in [2.24, 2.45) is 0 Å². The van der Waals surface area contributed by atoms with Gasteiger partial charge in [-0.05, 0) is 40.5 Å². The minimum absolute atomic E-state index is 0.0592. The highest BCUT2D eigenvalue weighted by molar-refractivity contribution is 9.10. The number of nitrogens with one attached hydrogen (secondary N) is 1. The third kappa shape index (κ3) is 5.49. The van der Waals surface area contributed by atoms with Gasteiger partial charge in [0.2, 0.25) is 0 Å². The van der Waals surface area contributed by atoms with E-state index >= 15 is 0 Å². The fraction of sp³-hybridized carbons (Fsp3) is 0.462. The average molecular weight is 318 g/mol. The van der Waals surface area contributed by atoms with Crippen molar-refractivity contribution in [1.29, 1.82) is 0 Å². The van der Waals surface area contributed by atoms with E-state index in [1.807, 2.05) is 0 Å². The van der Waals surface area contributed by atoms with Crippen LogP contribution in [0.3, 0.4) is 0 Å². The van der Waals surface area contributed by atoms with Crippen molar-refractivity contribution in [3.05, 3.63) is 28.5 Å². The lowest BCUT2D eigenvalue weighted by molar-refractivity contribution is -0.123. The molecule has 0 atom stereocenters. The molecule has 1 aromatic rings. The van der Waals surface area contributed by atoms with E-state index in [1.54, 1.807) is 0 Å². The predicted molar refractivity (Wildman–Crippen MR) is 72.1 cm³/mol. The third-order valence-corrected chi connectivity index (χ3v) is 2.97. The quantitative estimate of drug-likeness (QED) is 0.784. The zero-order chi connectivity index (χ0) is 13.4. The Morgan fingerprint density at radius 2 is 2.22 bits per heavy atom. The lowest BCUT2D eigenvalue weighted by Crippen LogP contribution is -2.29. The van der Waals surface area contributed by atoms with Crippen LogP contribution in [-0.2, 0) is 4.79 Å². The molecule has 0 aliphatic heterocycles. The minimum atomic E-state index is -0.349. The van der Waals surface area contributed by atoms with E-state index in [1.165, 1.54) is 18.2 Å². The van der Waals surface area contributed by atoms with Crippen molar-refractivity contribution in [3.63, 3.8) is 0 Å². The summed E-state index contributed by atoms with van der Waals surface area (Å²) in [6.45, 7) is 2.72. The van der Waals surface area contributed by atoms with E-state index in [-0.39, 0.29) is 18.3 Å². The molecule has 0 aromatic heterocycles. The topological polar surface area (TPSA) is 38.3 Å². The molecule has 0 radical (unpaired) electrons. The van der Waals surface area contributed by atoms with Crippen LogP contribution in [0.4, 0.5) is 4.39 Å². The van der Waals surface area contributed by atoms with Crippen LogP contribution in [-0.4, -0.2) is 19.1 Å². The van der Waals surface area contributed by atoms with Gasteiger partial charge in [-0.1, -0.05) is 19.8 Å². The van der Waals surface area contributed by atoms with Gasteiger partial charge in [-0.3, -0.25) is 4.79 Å². The first-order valence-corrected chi connectivity index (χ1v) is 6.77. The van der Waals surface area contributed by atoms with Crippen molar-refractivity contribution >= 4 is 21.8 Å². The van der Waals surface area contributed by atoms with E-state index in [0.717, 1.165) is 19.3 Å². The molecular formula is C13H17BrFNO2. The summed E-state index contributed by atoms with van der Waals surface area (Å²) in [4.78, 5) is 11.4. The molecule has 0 fully saturated rings. The maximum Gasteiger partial charge on any atom is 0.257 e. The maximum absolute atomic E-state index is 12.8. The number of unbranched alkanes of at least 4 members (excludes halogenated alkanes) is 2. The molecule has 1 amide bonds. The number of halogens is 2. The summed E-state index contributed by atoms with van der Waals surface area (Å²) in [5.74, 6) is -0.0549. The smallest absolute Gasteiger partial charge is 0.257 e. The van der Waals surface area contributed by atoms with Gasteiger partial charge in [0.15, 0.2) is 6.61 Å². The Morgan fingerprint density at radius 1 is 1.44 bits per heavy atom. The molecule has 0 aliphatic rings. The molecule has 1 aromatic carbocycles. The number of ether oxygens (including phenoxy) is 1. The van der Waals surface area contributed by atoms with Crippen molar-refractivity contribution in [1.82, 2.24) is 5.32 Å². The number of rotatable bonds is 7. The molecule has 100 valence electrons. The van der Waals surface area contributed by atoms with Crippen molar-refractivity contribution < 1.29 is 13.9 Å². The molecule has 0 heterocycles. The Bertz CT molecular complexity index is 399. The maximum atomic E-state index is 12.8. The van der Waals surface area contributed by atoms with Crippen LogP contribution < -0.4 is 10.1 Å². The Morgan fingerprint density at radius 3 is 2.89 bits per heavy atom. The summed E-state index contributed by atoms with van der Waals surface area (Å²) in [7, 11) is 0. The van der Waals surface area contributed by atoms with Crippen molar-refractivity contribution in [2.45, 2.75) is 26.2 Å². The zero-order valence-corrected chi connectivity index (χ0v) is 11.9. The van der Waals surface area contributed by atoms with Gasteiger partial charge in [0, 0.05) is 6.54 Å². The van der Waals surface area contributed by atoms with Gasteiger partial charge in [-0.25, -0.2) is 4.39 Å². The normalized spacial score (nSPS) is 10.2. The first-order chi connectivity index (χ1) is 8.63. The van der Waals surface area contributed by atoms with Crippen LogP contribution in [0.1, 0.15) is 26.2 Å². The van der Waals surface area contributed by atoms with Crippen LogP contribution in [0.25, 0.3) is 0 Å². The summed E-state index contributed by atoms with van der Waals surface area (Å²) in [6, 6.07) is 4.08. The molecule has 1 rings (SSSR count). The van der Waals surface area contributed by atoms with Crippen molar-refractivity contribution in [2.75, 3.05) is 13.2 Å². The summed E-state index contributed by atoms with van der Waals surface area (Å²) in [6.07, 6.45) is 3.20. The highest BCUT2D eigenvalue weighted by Gasteiger charge is 2.05. The minimum Gasteiger partial charge on any atom is -0.483 e. The van der Waals surface area contributed by atoms with Gasteiger partial charge in [-0.2, -0.15) is 0 Å². The molecule has 0 saturated carbocycles. The number of carbonyl (C=O) groups excluding carboxylic acids is 1. The molecular weight excluding hydrogens is 301 g/mol. The van der Waals surface area contributed by atoms with E-state index in [2.05, 4.69) is 28.2 Å². The lowest BCUT2D eigenvalue weighted by Gasteiger charge is -2.08. The second kappa shape index (κ2) is 8.08. The highest BCUT2D eigenvalue weighted by Crippen LogP contribution is 2.25. The number of benzene rings is 1. The van der Waals surface area contributed by atoms with Gasteiger partial charge in [-0.15, -0.1) is 0 Å². The molecule has 5 heteroatoms. The molecule has 0 spiro atoms. The van der Waals surface area contributed by atoms with Crippen LogP contribution in [0.5, 0.6) is 5.75 Å². The molecule has 0 aliphatic carbocycles. The third-order valence-electron chi connectivity index (χ3n) is 2.36. The number of carbonyl (C=O) groups is 1. The van der Waals surface area contributed by atoms with Crippen LogP contribution in [0.15, 0.2) is 22.7 Å². The van der Waals surface area contributed by atoms with Crippen LogP contribution >= 0.6 is 15.9 Å². The molecule has 0 bridgehead atoms. The molecule has 0 saturated heterocycles. The zero-order valence-electron chi connectivity index (χ0n) is 10.3. The standard InChI is InChI=1S/C13H17BrFNO2/c1-2-3-4-7-16-13(17)9-18-12-6-5-10(15)8-11(12)14/h5-6,8H,2-4,7,9H2,1H3,(H,16,17). The first kappa shape index (κ1) is 15.0. The monoisotopic (exact) mass is 317 g/mol. The summed E-state index contributed by atoms with van der Waals surface area (Å²) in [5, 5.41) is 2.77. The first-order valence-electron chi connectivity index (χ1n) is 5.98. The Balaban J connectivity index is 2.29. The fourth-order valence-corrected chi connectivity index (χ4v) is 1.85. The summed E-state index contributed by atoms with van der Waals surface area (Å²) in [5.41, 5.74) is 0. The summed E-state index contributed by atoms with van der Waals surface area (Å²) >= 11 is 3.17. The van der Waals surface area contributed by atoms with Gasteiger partial charge in [0.05, 0.1) is 4.47 Å². The average Bonchev–Trinajstić information content (AvgIpc) is 2.33. The highest BCUT2D eigenvalue weighted by atomic mass is 79.9. The molecule has 1 N–H and O–H groups in total. The Labute approximate surface area is 115 Å². The van der Waals surface area contributed by atoms with Crippen LogP contribution in [0.2, 0.25) is 0 Å². The van der Waals surface area contributed by atoms with Gasteiger partial charge in [0.1, 0.15) is 11.6 Å². The second-order valence-corrected chi connectivity index (χ2v) is 4.77. The fourth-order valence-electron chi connectivity index (χ4n) is 1.39. The number of amides is 1. The SMILES string of the molecule is CCCCCNC(=O)COc1ccc(F)cc1Br. The predicted octanol–water partition coefficient (Wildman–Crippen LogP) is 3.27. The second-order valence-electron chi connectivity index (χ2n) is 3.92.